The predicted octanol–water partition coefficient (Wildman–Crippen LogP) is 6.42. The molecule has 3 aromatic rings. The van der Waals surface area contributed by atoms with Crippen LogP contribution in [-0.2, 0) is 9.57 Å². The molecule has 0 saturated carbocycles. The summed E-state index contributed by atoms with van der Waals surface area (Å²) in [5, 5.41) is 14.3. The average molecular weight is 588 g/mol. The first-order valence-corrected chi connectivity index (χ1v) is 13.6. The Balaban J connectivity index is 1.28. The van der Waals surface area contributed by atoms with Gasteiger partial charge in [0.05, 0.1) is 27.9 Å². The second kappa shape index (κ2) is 12.2. The van der Waals surface area contributed by atoms with Crippen LogP contribution in [0.15, 0.2) is 34.8 Å². The lowest BCUT2D eigenvalue weighted by Crippen LogP contribution is -2.36. The van der Waals surface area contributed by atoms with E-state index in [1.54, 1.807) is 19.2 Å². The summed E-state index contributed by atoms with van der Waals surface area (Å²) in [5.41, 5.74) is 0.823. The molecule has 4 heterocycles. The van der Waals surface area contributed by atoms with Crippen LogP contribution in [0.3, 0.4) is 0 Å². The largest absolute Gasteiger partial charge is 0.491 e. The Hall–Kier alpha value is -2.74. The second-order valence-electron chi connectivity index (χ2n) is 9.13. The number of nitrogens with one attached hydrogen (secondary N) is 1. The molecule has 39 heavy (non-hydrogen) atoms. The summed E-state index contributed by atoms with van der Waals surface area (Å²) >= 11 is 7.92. The Kier molecular flexibility index (Phi) is 8.70. The number of thiazole rings is 1. The minimum atomic E-state index is -2.93. The Labute approximate surface area is 230 Å². The van der Waals surface area contributed by atoms with Gasteiger partial charge in [-0.1, -0.05) is 22.8 Å². The number of piperidine rings is 1. The summed E-state index contributed by atoms with van der Waals surface area (Å²) < 4.78 is 65.2. The Bertz CT molecular complexity index is 1320. The summed E-state index contributed by atoms with van der Waals surface area (Å²) in [4.78, 5) is 10.5. The molecule has 0 amide bonds. The molecule has 8 nitrogen and oxygen atoms in total. The number of hydrogen-bond donors (Lipinski definition) is 1. The zero-order valence-corrected chi connectivity index (χ0v) is 22.4. The van der Waals surface area contributed by atoms with E-state index in [1.165, 1.54) is 11.3 Å². The number of alkyl halides is 4. The molecular formula is C25H26ClF4N5O3S. The van der Waals surface area contributed by atoms with Crippen LogP contribution in [0, 0.1) is 0 Å². The van der Waals surface area contributed by atoms with Gasteiger partial charge in [-0.05, 0) is 37.6 Å². The molecular weight excluding hydrogens is 562 g/mol. The molecule has 1 fully saturated rings. The number of halogens is 5. The van der Waals surface area contributed by atoms with Crippen molar-refractivity contribution in [3.63, 3.8) is 0 Å². The van der Waals surface area contributed by atoms with E-state index < -0.39 is 36.5 Å². The number of ether oxygens (including phenoxy) is 2. The van der Waals surface area contributed by atoms with Crippen LogP contribution in [0.2, 0.25) is 5.02 Å². The van der Waals surface area contributed by atoms with Gasteiger partial charge in [0, 0.05) is 24.8 Å². The molecule has 0 spiro atoms. The smallest absolute Gasteiger partial charge is 0.282 e. The van der Waals surface area contributed by atoms with Crippen molar-refractivity contribution in [2.24, 2.45) is 5.16 Å². The molecule has 0 aliphatic carbocycles. The van der Waals surface area contributed by atoms with Crippen molar-refractivity contribution in [3.8, 4) is 5.75 Å². The fourth-order valence-corrected chi connectivity index (χ4v) is 6.00. The van der Waals surface area contributed by atoms with Gasteiger partial charge >= 0.3 is 0 Å². The van der Waals surface area contributed by atoms with Gasteiger partial charge in [-0.15, -0.1) is 11.3 Å². The van der Waals surface area contributed by atoms with Crippen LogP contribution in [0.4, 0.5) is 17.6 Å². The molecule has 3 atom stereocenters. The molecule has 1 saturated heterocycles. The normalized spacial score (nSPS) is 21.4. The maximum absolute atomic E-state index is 13.5. The molecule has 2 aromatic heterocycles. The summed E-state index contributed by atoms with van der Waals surface area (Å²) in [5.74, 6) is 0.528. The number of rotatable bonds is 10. The highest BCUT2D eigenvalue weighted by Gasteiger charge is 2.33. The van der Waals surface area contributed by atoms with E-state index in [-0.39, 0.29) is 5.92 Å². The van der Waals surface area contributed by atoms with Crippen molar-refractivity contribution in [2.45, 2.75) is 50.3 Å². The van der Waals surface area contributed by atoms with Gasteiger partial charge in [-0.2, -0.15) is 5.10 Å². The van der Waals surface area contributed by atoms with Crippen LogP contribution >= 0.6 is 22.9 Å². The number of aromatic nitrogens is 3. The van der Waals surface area contributed by atoms with Crippen LogP contribution in [0.1, 0.15) is 78.0 Å². The molecule has 1 aromatic carbocycles. The average Bonchev–Trinajstić information content (AvgIpc) is 3.69. The summed E-state index contributed by atoms with van der Waals surface area (Å²) in [6.07, 6.45) is -5.42. The molecule has 1 N–H and O–H groups in total. The number of nitrogens with zero attached hydrogens (tertiary/aromatic N) is 4. The fourth-order valence-electron chi connectivity index (χ4n) is 4.74. The summed E-state index contributed by atoms with van der Waals surface area (Å²) in [6, 6.07) is 6.14. The van der Waals surface area contributed by atoms with Crippen LogP contribution in [0.5, 0.6) is 5.75 Å². The van der Waals surface area contributed by atoms with E-state index in [0.717, 1.165) is 15.8 Å². The van der Waals surface area contributed by atoms with E-state index >= 15 is 0 Å². The number of benzene rings is 1. The molecule has 210 valence electrons. The molecule has 3 unspecified atom stereocenters. The van der Waals surface area contributed by atoms with Gasteiger partial charge in [0.2, 0.25) is 0 Å². The van der Waals surface area contributed by atoms with Crippen LogP contribution in [0.25, 0.3) is 0 Å². The standard InChI is InChI=1S/C25H26ClF4N5O3S/c1-36-7-8-37-19-4-2-3-14(26)22(19)20-11-15(34-38-20)17-12-39-25(32-17)13-5-6-31-21(9-13)35-18(24(29)30)10-16(33-35)23(27)28/h2-4,10,12-13,20-21,23-24,31H,5-9,11H2,1H3. The Morgan fingerprint density at radius 1 is 1.23 bits per heavy atom. The van der Waals surface area contributed by atoms with E-state index in [4.69, 9.17) is 30.9 Å². The van der Waals surface area contributed by atoms with E-state index in [2.05, 4.69) is 15.6 Å². The first kappa shape index (κ1) is 27.8. The maximum Gasteiger partial charge on any atom is 0.282 e. The van der Waals surface area contributed by atoms with Crippen LogP contribution < -0.4 is 10.1 Å². The summed E-state index contributed by atoms with van der Waals surface area (Å²) in [7, 11) is 1.59. The zero-order chi connectivity index (χ0) is 27.5. The van der Waals surface area contributed by atoms with Gasteiger partial charge in [0.15, 0.2) is 6.10 Å². The quantitative estimate of drug-likeness (QED) is 0.218. The van der Waals surface area contributed by atoms with Crippen molar-refractivity contribution < 1.29 is 31.9 Å². The van der Waals surface area contributed by atoms with Crippen molar-refractivity contribution in [1.29, 1.82) is 0 Å². The minimum absolute atomic E-state index is 0.0669. The summed E-state index contributed by atoms with van der Waals surface area (Å²) in [6.45, 7) is 1.29. The maximum atomic E-state index is 13.5. The lowest BCUT2D eigenvalue weighted by molar-refractivity contribution is 0.0814. The van der Waals surface area contributed by atoms with Gasteiger partial charge < -0.3 is 14.3 Å². The monoisotopic (exact) mass is 587 g/mol. The Morgan fingerprint density at radius 2 is 2.08 bits per heavy atom. The van der Waals surface area contributed by atoms with Crippen LogP contribution in [-0.4, -0.2) is 47.3 Å². The SMILES string of the molecule is COCCOc1cccc(Cl)c1C1CC(c2csc(C3CCNC(n4nc(C(F)F)cc4C(F)F)C3)n2)=NO1. The highest BCUT2D eigenvalue weighted by Crippen LogP contribution is 2.41. The molecule has 2 aliphatic rings. The van der Waals surface area contributed by atoms with Crippen molar-refractivity contribution in [3.05, 3.63) is 62.3 Å². The third kappa shape index (κ3) is 6.06. The Morgan fingerprint density at radius 3 is 2.85 bits per heavy atom. The molecule has 2 aliphatic heterocycles. The second-order valence-corrected chi connectivity index (χ2v) is 10.4. The topological polar surface area (TPSA) is 82.8 Å². The van der Waals surface area contributed by atoms with Gasteiger partial charge in [0.25, 0.3) is 12.9 Å². The van der Waals surface area contributed by atoms with E-state index in [1.807, 2.05) is 11.4 Å². The van der Waals surface area contributed by atoms with Crippen molar-refractivity contribution >= 4 is 28.6 Å². The lowest BCUT2D eigenvalue weighted by Gasteiger charge is -2.30. The molecule has 5 rings (SSSR count). The van der Waals surface area contributed by atoms with Crippen molar-refractivity contribution in [1.82, 2.24) is 20.1 Å². The number of oxime groups is 1. The van der Waals surface area contributed by atoms with Crippen molar-refractivity contribution in [2.75, 3.05) is 26.9 Å². The van der Waals surface area contributed by atoms with Gasteiger partial charge in [0.1, 0.15) is 35.6 Å². The van der Waals surface area contributed by atoms with E-state index in [9.17, 15) is 17.6 Å². The zero-order valence-electron chi connectivity index (χ0n) is 20.8. The van der Waals surface area contributed by atoms with Gasteiger partial charge in [-0.3, -0.25) is 5.32 Å². The lowest BCUT2D eigenvalue weighted by atomic mass is 9.96. The number of hydrogen-bond acceptors (Lipinski definition) is 8. The van der Waals surface area contributed by atoms with E-state index in [0.29, 0.717) is 66.8 Å². The first-order valence-electron chi connectivity index (χ1n) is 12.3. The highest BCUT2D eigenvalue weighted by molar-refractivity contribution is 7.10. The fraction of sp³-hybridized carbons (Fsp3) is 0.480. The third-order valence-corrected chi connectivity index (χ3v) is 7.96. The minimum Gasteiger partial charge on any atom is -0.491 e. The predicted molar refractivity (Wildman–Crippen MR) is 137 cm³/mol. The molecule has 0 bridgehead atoms. The molecule has 0 radical (unpaired) electrons. The first-order chi connectivity index (χ1) is 18.9. The number of methoxy groups -OCH3 is 1. The molecule has 14 heteroatoms. The van der Waals surface area contributed by atoms with Gasteiger partial charge in [-0.25, -0.2) is 27.2 Å². The third-order valence-electron chi connectivity index (χ3n) is 6.62. The highest BCUT2D eigenvalue weighted by atomic mass is 35.5.